The number of hydrogen-bond acceptors (Lipinski definition) is 2. The quantitative estimate of drug-likeness (QED) is 0.0476. The summed E-state index contributed by atoms with van der Waals surface area (Å²) < 4.78 is 2.66. The van der Waals surface area contributed by atoms with Crippen molar-refractivity contribution in [3.63, 3.8) is 0 Å². The molecule has 502 valence electrons. The third-order valence-corrected chi connectivity index (χ3v) is 21.5. The van der Waals surface area contributed by atoms with Gasteiger partial charge in [0, 0.05) is 56.0 Å². The number of anilines is 6. The molecule has 0 saturated heterocycles. The Hall–Kier alpha value is -9.96. The molecule has 12 aromatic carbocycles. The van der Waals surface area contributed by atoms with Crippen LogP contribution in [-0.4, -0.2) is 4.57 Å². The molecular weight excluding hydrogens is 1210 g/mol. The zero-order valence-corrected chi connectivity index (χ0v) is 60.5. The van der Waals surface area contributed by atoms with E-state index in [1.807, 2.05) is 0 Å². The number of hydrogen-bond donors (Lipinski definition) is 0. The van der Waals surface area contributed by atoms with Crippen LogP contribution in [0.5, 0.6) is 0 Å². The Morgan fingerprint density at radius 1 is 0.310 bits per heavy atom. The summed E-state index contributed by atoms with van der Waals surface area (Å²) in [6.45, 7) is 18.5. The van der Waals surface area contributed by atoms with Crippen LogP contribution in [0.25, 0.3) is 83.1 Å². The summed E-state index contributed by atoms with van der Waals surface area (Å²) in [5, 5.41) is 2.73. The molecule has 0 N–H and O–H groups in total. The van der Waals surface area contributed by atoms with Crippen molar-refractivity contribution in [2.75, 3.05) is 9.80 Å². The Morgan fingerprint density at radius 3 is 1.17 bits per heavy atom. The molecule has 13 aromatic rings. The van der Waals surface area contributed by atoms with Gasteiger partial charge in [0.25, 0.3) is 0 Å². The zero-order chi connectivity index (χ0) is 68.7. The summed E-state index contributed by atoms with van der Waals surface area (Å²) in [7, 11) is 0. The van der Waals surface area contributed by atoms with Gasteiger partial charge in [-0.15, -0.1) is 0 Å². The molecule has 3 heteroatoms. The smallest absolute Gasteiger partial charge is 0.0544 e. The molecule has 0 amide bonds. The van der Waals surface area contributed by atoms with Crippen LogP contribution in [0.4, 0.5) is 34.1 Å². The highest BCUT2D eigenvalue weighted by Crippen LogP contribution is 2.54. The lowest BCUT2D eigenvalue weighted by Crippen LogP contribution is -2.15. The largest absolute Gasteiger partial charge is 0.311 e. The average molecular weight is 1310 g/mol. The van der Waals surface area contributed by atoms with Crippen LogP contribution >= 0.6 is 0 Å². The van der Waals surface area contributed by atoms with E-state index >= 15 is 0 Å². The number of aryl methyl sites for hydroxylation is 6. The van der Waals surface area contributed by atoms with Crippen molar-refractivity contribution in [2.45, 2.75) is 164 Å². The maximum atomic E-state index is 2.66. The van der Waals surface area contributed by atoms with Crippen molar-refractivity contribution in [2.24, 2.45) is 0 Å². The van der Waals surface area contributed by atoms with Gasteiger partial charge in [-0.05, 0) is 251 Å². The first-order valence-corrected chi connectivity index (χ1v) is 37.7. The van der Waals surface area contributed by atoms with Crippen molar-refractivity contribution >= 4 is 55.9 Å². The summed E-state index contributed by atoms with van der Waals surface area (Å²) in [6, 6.07) is 99.8. The summed E-state index contributed by atoms with van der Waals surface area (Å²) in [5.41, 5.74) is 34.3. The fourth-order valence-corrected chi connectivity index (χ4v) is 15.9. The standard InChI is InChI=1S/C97H99N3/c1-9-13-17-19-25-79-67-94(100-92-28-22-21-27-89(92)95-93(100)64-63-88-87-62-31-69(6)65-91(87)97(7,8)96(88)95)80(26-20-18-14-10-2)66-90(79)78-48-60-86(61-49-78)99(84-54-42-75(43-55-84)73-38-34-71(35-39-73)24-16-12-4)85-58-46-77(47-59-85)76-44-56-83(57-45-76)98(81-50-29-68(5)30-51-81)82-52-40-74(41-53-82)72-36-32-70(33-37-72)23-15-11-3/h21-22,27-67H,9-20,23-26H2,1-8H3. The number of nitrogens with zero attached hydrogens (tertiary/aromatic N) is 3. The lowest BCUT2D eigenvalue weighted by atomic mass is 9.80. The van der Waals surface area contributed by atoms with E-state index in [-0.39, 0.29) is 5.41 Å². The van der Waals surface area contributed by atoms with E-state index in [1.54, 1.807) is 0 Å². The van der Waals surface area contributed by atoms with Gasteiger partial charge < -0.3 is 14.4 Å². The lowest BCUT2D eigenvalue weighted by molar-refractivity contribution is 0.663. The third-order valence-electron chi connectivity index (χ3n) is 21.5. The Bertz CT molecular complexity index is 4910. The van der Waals surface area contributed by atoms with Crippen molar-refractivity contribution in [1.29, 1.82) is 0 Å². The minimum Gasteiger partial charge on any atom is -0.311 e. The predicted molar refractivity (Wildman–Crippen MR) is 432 cm³/mol. The normalized spacial score (nSPS) is 12.3. The molecule has 0 unspecified atom stereocenters. The van der Waals surface area contributed by atoms with Crippen molar-refractivity contribution in [3.05, 3.63) is 305 Å². The highest BCUT2D eigenvalue weighted by atomic mass is 15.1. The first kappa shape index (κ1) is 67.2. The van der Waals surface area contributed by atoms with Crippen LogP contribution in [0.15, 0.2) is 261 Å². The topological polar surface area (TPSA) is 11.4 Å². The molecule has 1 heterocycles. The fraction of sp³-hybridized carbons (Fsp3) is 0.258. The van der Waals surface area contributed by atoms with Gasteiger partial charge in [0.2, 0.25) is 0 Å². The molecule has 14 rings (SSSR count). The molecule has 0 saturated carbocycles. The van der Waals surface area contributed by atoms with Crippen molar-refractivity contribution < 1.29 is 0 Å². The van der Waals surface area contributed by atoms with E-state index in [0.29, 0.717) is 0 Å². The second kappa shape index (κ2) is 30.3. The lowest BCUT2D eigenvalue weighted by Gasteiger charge is -2.27. The van der Waals surface area contributed by atoms with E-state index in [9.17, 15) is 0 Å². The molecule has 0 spiro atoms. The molecular formula is C97H99N3. The number of fused-ring (bicyclic) bond motifs is 7. The van der Waals surface area contributed by atoms with Gasteiger partial charge in [0.1, 0.15) is 0 Å². The molecule has 1 aliphatic carbocycles. The van der Waals surface area contributed by atoms with Gasteiger partial charge in [0.05, 0.1) is 11.0 Å². The molecule has 100 heavy (non-hydrogen) atoms. The Morgan fingerprint density at radius 2 is 0.710 bits per heavy atom. The number of rotatable bonds is 27. The van der Waals surface area contributed by atoms with E-state index in [2.05, 4.69) is 331 Å². The number of unbranched alkanes of at least 4 members (excludes halogenated alkanes) is 8. The SMILES string of the molecule is CCCCCCc1cc(-n2c3ccccc3c3c4c(ccc32)-c2ccc(C)cc2C4(C)C)c(CCCCCC)cc1-c1ccc(N(c2ccc(-c3ccc(CCCC)cc3)cc2)c2ccc(-c3ccc(N(c4ccc(C)cc4)c4ccc(-c5ccc(CCCC)cc5)cc4)cc3)cc2)cc1. The van der Waals surface area contributed by atoms with Gasteiger partial charge >= 0.3 is 0 Å². The molecule has 0 aliphatic heterocycles. The van der Waals surface area contributed by atoms with Gasteiger partial charge in [-0.25, -0.2) is 0 Å². The van der Waals surface area contributed by atoms with Crippen LogP contribution in [-0.2, 0) is 31.1 Å². The third kappa shape index (κ3) is 13.9. The second-order valence-corrected chi connectivity index (χ2v) is 29.0. The van der Waals surface area contributed by atoms with Gasteiger partial charge in [-0.3, -0.25) is 0 Å². The maximum absolute atomic E-state index is 2.66. The second-order valence-electron chi connectivity index (χ2n) is 29.0. The highest BCUT2D eigenvalue weighted by molar-refractivity contribution is 6.14. The van der Waals surface area contributed by atoms with Crippen molar-refractivity contribution in [3.8, 4) is 61.3 Å². The average Bonchev–Trinajstić information content (AvgIpc) is 1.54. The van der Waals surface area contributed by atoms with E-state index in [0.717, 1.165) is 72.6 Å². The summed E-state index contributed by atoms with van der Waals surface area (Å²) in [4.78, 5) is 4.81. The van der Waals surface area contributed by atoms with Crippen LogP contribution < -0.4 is 9.80 Å². The summed E-state index contributed by atoms with van der Waals surface area (Å²) in [6.07, 6.45) is 18.8. The fourth-order valence-electron chi connectivity index (χ4n) is 15.9. The monoisotopic (exact) mass is 1310 g/mol. The number of benzene rings is 12. The number of aromatic nitrogens is 1. The van der Waals surface area contributed by atoms with Crippen LogP contribution in [0.2, 0.25) is 0 Å². The molecule has 0 fully saturated rings. The van der Waals surface area contributed by atoms with E-state index < -0.39 is 0 Å². The first-order chi connectivity index (χ1) is 49.0. The van der Waals surface area contributed by atoms with Crippen LogP contribution in [0, 0.1) is 13.8 Å². The minimum atomic E-state index is -0.145. The Kier molecular flexibility index (Phi) is 20.3. The minimum absolute atomic E-state index is 0.145. The van der Waals surface area contributed by atoms with Gasteiger partial charge in [-0.2, -0.15) is 0 Å². The van der Waals surface area contributed by atoms with Gasteiger partial charge in [-0.1, -0.05) is 268 Å². The van der Waals surface area contributed by atoms with Crippen molar-refractivity contribution in [1.82, 2.24) is 4.57 Å². The zero-order valence-electron chi connectivity index (χ0n) is 60.5. The maximum Gasteiger partial charge on any atom is 0.0544 e. The number of para-hydroxylation sites is 1. The Balaban J connectivity index is 0.821. The molecule has 0 atom stereocenters. The molecule has 1 aromatic heterocycles. The van der Waals surface area contributed by atoms with Crippen LogP contribution in [0.3, 0.4) is 0 Å². The molecule has 0 bridgehead atoms. The Labute approximate surface area is 596 Å². The predicted octanol–water partition coefficient (Wildman–Crippen LogP) is 28.2. The van der Waals surface area contributed by atoms with Crippen LogP contribution in [0.1, 0.15) is 163 Å². The molecule has 3 nitrogen and oxygen atoms in total. The molecule has 1 aliphatic rings. The molecule has 0 radical (unpaired) electrons. The van der Waals surface area contributed by atoms with E-state index in [1.165, 1.54) is 192 Å². The summed E-state index contributed by atoms with van der Waals surface area (Å²) in [5.74, 6) is 0. The first-order valence-electron chi connectivity index (χ1n) is 37.7. The van der Waals surface area contributed by atoms with E-state index in [4.69, 9.17) is 0 Å². The highest BCUT2D eigenvalue weighted by Gasteiger charge is 2.38. The summed E-state index contributed by atoms with van der Waals surface area (Å²) >= 11 is 0. The van der Waals surface area contributed by atoms with Gasteiger partial charge in [0.15, 0.2) is 0 Å².